The number of amides is 1. The molecule has 3 heterocycles. The number of ether oxygens (including phenoxy) is 2. The van der Waals surface area contributed by atoms with Gasteiger partial charge >= 0.3 is 5.97 Å². The molecular formula is C14H20N4O4. The van der Waals surface area contributed by atoms with E-state index in [2.05, 4.69) is 10.1 Å². The lowest BCUT2D eigenvalue weighted by atomic mass is 9.81. The van der Waals surface area contributed by atoms with Gasteiger partial charge in [-0.05, 0) is 6.42 Å². The van der Waals surface area contributed by atoms with Crippen molar-refractivity contribution in [3.63, 3.8) is 0 Å². The Morgan fingerprint density at radius 3 is 3.09 bits per heavy atom. The summed E-state index contributed by atoms with van der Waals surface area (Å²) in [5, 5.41) is 4.01. The van der Waals surface area contributed by atoms with Gasteiger partial charge in [0, 0.05) is 32.0 Å². The van der Waals surface area contributed by atoms with Crippen molar-refractivity contribution >= 4 is 11.9 Å². The lowest BCUT2D eigenvalue weighted by molar-refractivity contribution is -0.153. The molecule has 2 aliphatic heterocycles. The van der Waals surface area contributed by atoms with E-state index in [1.165, 1.54) is 13.4 Å². The molecule has 22 heavy (non-hydrogen) atoms. The van der Waals surface area contributed by atoms with Crippen LogP contribution in [0.5, 0.6) is 0 Å². The number of esters is 1. The third kappa shape index (κ3) is 2.58. The number of likely N-dealkylation sites (tertiary alicyclic amines) is 1. The smallest absolute Gasteiger partial charge is 0.316 e. The van der Waals surface area contributed by atoms with Crippen LogP contribution in [-0.4, -0.2) is 65.0 Å². The van der Waals surface area contributed by atoms with Crippen LogP contribution in [0, 0.1) is 11.3 Å². The molecule has 120 valence electrons. The van der Waals surface area contributed by atoms with Crippen LogP contribution in [0.3, 0.4) is 0 Å². The lowest BCUT2D eigenvalue weighted by Crippen LogP contribution is -2.41. The minimum absolute atomic E-state index is 0.0409. The van der Waals surface area contributed by atoms with Crippen LogP contribution in [0.4, 0.5) is 0 Å². The summed E-state index contributed by atoms with van der Waals surface area (Å²) in [7, 11) is 1.38. The van der Waals surface area contributed by atoms with Gasteiger partial charge in [0.05, 0.1) is 20.3 Å². The Morgan fingerprint density at radius 1 is 1.50 bits per heavy atom. The van der Waals surface area contributed by atoms with Crippen molar-refractivity contribution < 1.29 is 19.1 Å². The molecule has 2 atom stereocenters. The van der Waals surface area contributed by atoms with Crippen LogP contribution in [-0.2, 0) is 25.6 Å². The Bertz CT molecular complexity index is 547. The van der Waals surface area contributed by atoms with E-state index in [0.29, 0.717) is 45.7 Å². The highest BCUT2D eigenvalue weighted by molar-refractivity contribution is 5.82. The van der Waals surface area contributed by atoms with Gasteiger partial charge in [0.15, 0.2) is 0 Å². The molecule has 1 amide bonds. The molecule has 0 bridgehead atoms. The zero-order valence-electron chi connectivity index (χ0n) is 12.6. The number of methoxy groups -OCH3 is 1. The van der Waals surface area contributed by atoms with E-state index >= 15 is 0 Å². The number of hydrogen-bond donors (Lipinski definition) is 0. The second kappa shape index (κ2) is 6.04. The van der Waals surface area contributed by atoms with Crippen molar-refractivity contribution in [2.45, 2.75) is 19.4 Å². The predicted octanol–water partition coefficient (Wildman–Crippen LogP) is -0.294. The fourth-order valence-electron chi connectivity index (χ4n) is 3.32. The van der Waals surface area contributed by atoms with Gasteiger partial charge in [-0.15, -0.1) is 0 Å². The molecule has 2 saturated heterocycles. The number of aryl methyl sites for hydroxylation is 1. The molecule has 3 rings (SSSR count). The largest absolute Gasteiger partial charge is 0.468 e. The molecule has 1 aromatic rings. The summed E-state index contributed by atoms with van der Waals surface area (Å²) >= 11 is 0. The molecule has 0 radical (unpaired) electrons. The topological polar surface area (TPSA) is 86.5 Å². The highest BCUT2D eigenvalue weighted by atomic mass is 16.5. The fourth-order valence-corrected chi connectivity index (χ4v) is 3.32. The molecular weight excluding hydrogens is 288 g/mol. The third-order valence-electron chi connectivity index (χ3n) is 4.56. The number of rotatable bonds is 5. The number of aromatic nitrogens is 3. The van der Waals surface area contributed by atoms with E-state index in [1.54, 1.807) is 15.9 Å². The first kappa shape index (κ1) is 15.0. The Labute approximate surface area is 128 Å². The van der Waals surface area contributed by atoms with E-state index in [4.69, 9.17) is 9.47 Å². The van der Waals surface area contributed by atoms with Crippen LogP contribution in [0.25, 0.3) is 0 Å². The van der Waals surface area contributed by atoms with Gasteiger partial charge in [0.1, 0.15) is 18.1 Å². The summed E-state index contributed by atoms with van der Waals surface area (Å²) in [4.78, 5) is 30.1. The first-order chi connectivity index (χ1) is 10.7. The van der Waals surface area contributed by atoms with E-state index in [-0.39, 0.29) is 17.8 Å². The summed E-state index contributed by atoms with van der Waals surface area (Å²) in [5.74, 6) is -0.162. The molecule has 8 heteroatoms. The maximum atomic E-state index is 12.3. The highest BCUT2D eigenvalue weighted by Gasteiger charge is 2.57. The predicted molar refractivity (Wildman–Crippen MR) is 74.6 cm³/mol. The second-order valence-corrected chi connectivity index (χ2v) is 5.90. The number of carbonyl (C=O) groups is 2. The molecule has 0 spiro atoms. The van der Waals surface area contributed by atoms with Gasteiger partial charge in [-0.1, -0.05) is 0 Å². The van der Waals surface area contributed by atoms with Gasteiger partial charge in [-0.25, -0.2) is 4.98 Å². The minimum Gasteiger partial charge on any atom is -0.468 e. The van der Waals surface area contributed by atoms with E-state index in [9.17, 15) is 9.59 Å². The van der Waals surface area contributed by atoms with Gasteiger partial charge < -0.3 is 14.4 Å². The fraction of sp³-hybridized carbons (Fsp3) is 0.714. The Morgan fingerprint density at radius 2 is 2.36 bits per heavy atom. The number of fused-ring (bicyclic) bond motifs is 1. The average molecular weight is 308 g/mol. The molecule has 2 aliphatic rings. The van der Waals surface area contributed by atoms with Crippen molar-refractivity contribution in [2.75, 3.05) is 33.4 Å². The molecule has 2 fully saturated rings. The van der Waals surface area contributed by atoms with E-state index < -0.39 is 5.41 Å². The van der Waals surface area contributed by atoms with Crippen LogP contribution < -0.4 is 0 Å². The zero-order valence-corrected chi connectivity index (χ0v) is 12.6. The Kier molecular flexibility index (Phi) is 4.10. The molecule has 0 unspecified atom stereocenters. The zero-order chi connectivity index (χ0) is 15.6. The highest BCUT2D eigenvalue weighted by Crippen LogP contribution is 2.42. The molecule has 0 N–H and O–H groups in total. The van der Waals surface area contributed by atoms with Crippen molar-refractivity contribution in [2.24, 2.45) is 11.3 Å². The summed E-state index contributed by atoms with van der Waals surface area (Å²) in [6.07, 6.45) is 4.24. The van der Waals surface area contributed by atoms with Crippen LogP contribution in [0.2, 0.25) is 0 Å². The monoisotopic (exact) mass is 308 g/mol. The Hall–Kier alpha value is -1.96. The maximum absolute atomic E-state index is 12.3. The first-order valence-corrected chi connectivity index (χ1v) is 7.42. The van der Waals surface area contributed by atoms with Gasteiger partial charge in [0.25, 0.3) is 0 Å². The summed E-state index contributed by atoms with van der Waals surface area (Å²) < 4.78 is 12.1. The van der Waals surface area contributed by atoms with Gasteiger partial charge in [-0.3, -0.25) is 14.3 Å². The lowest BCUT2D eigenvalue weighted by Gasteiger charge is -2.23. The summed E-state index contributed by atoms with van der Waals surface area (Å²) in [5.41, 5.74) is -0.670. The van der Waals surface area contributed by atoms with Crippen LogP contribution in [0.1, 0.15) is 12.8 Å². The SMILES string of the molecule is COC(=O)[C@@]12COC[C@@H]1CN(C(=O)CCCn1cncn1)C2. The molecule has 8 nitrogen and oxygen atoms in total. The van der Waals surface area contributed by atoms with Gasteiger partial charge in [-0.2, -0.15) is 5.10 Å². The van der Waals surface area contributed by atoms with Crippen molar-refractivity contribution in [3.8, 4) is 0 Å². The number of carbonyl (C=O) groups excluding carboxylic acids is 2. The van der Waals surface area contributed by atoms with Crippen molar-refractivity contribution in [1.82, 2.24) is 19.7 Å². The molecule has 0 aromatic carbocycles. The molecule has 0 aliphatic carbocycles. The first-order valence-electron chi connectivity index (χ1n) is 7.42. The quantitative estimate of drug-likeness (QED) is 0.695. The van der Waals surface area contributed by atoms with E-state index in [1.807, 2.05) is 0 Å². The minimum atomic E-state index is -0.670. The summed E-state index contributed by atoms with van der Waals surface area (Å²) in [6.45, 7) is 2.48. The Balaban J connectivity index is 1.55. The van der Waals surface area contributed by atoms with Crippen LogP contribution in [0.15, 0.2) is 12.7 Å². The normalized spacial score (nSPS) is 27.0. The molecule has 0 saturated carbocycles. The number of hydrogen-bond acceptors (Lipinski definition) is 6. The second-order valence-electron chi connectivity index (χ2n) is 5.90. The maximum Gasteiger partial charge on any atom is 0.316 e. The third-order valence-corrected chi connectivity index (χ3v) is 4.56. The average Bonchev–Trinajstić information content (AvgIpc) is 3.21. The van der Waals surface area contributed by atoms with E-state index in [0.717, 1.165) is 0 Å². The van der Waals surface area contributed by atoms with Crippen LogP contribution >= 0.6 is 0 Å². The summed E-state index contributed by atoms with van der Waals surface area (Å²) in [6, 6.07) is 0. The van der Waals surface area contributed by atoms with Crippen molar-refractivity contribution in [3.05, 3.63) is 12.7 Å². The van der Waals surface area contributed by atoms with Gasteiger partial charge in [0.2, 0.25) is 5.91 Å². The standard InChI is InChI=1S/C14H20N4O4/c1-21-13(20)14-7-17(5-11(14)6-22-8-14)12(19)3-2-4-18-10-15-9-16-18/h9-11H,2-8H2,1H3/t11-,14-/m0/s1. The molecule has 1 aromatic heterocycles. The van der Waals surface area contributed by atoms with Crippen molar-refractivity contribution in [1.29, 1.82) is 0 Å². The number of nitrogens with zero attached hydrogens (tertiary/aromatic N) is 4.